The van der Waals surface area contributed by atoms with E-state index in [1.54, 1.807) is 19.4 Å². The normalized spacial score (nSPS) is 9.85. The number of rotatable bonds is 1. The van der Waals surface area contributed by atoms with E-state index in [1.807, 2.05) is 6.07 Å². The molecule has 1 N–H and O–H groups in total. The van der Waals surface area contributed by atoms with Gasteiger partial charge in [-0.3, -0.25) is 0 Å². The van der Waals surface area contributed by atoms with Gasteiger partial charge in [-0.05, 0) is 6.07 Å². The summed E-state index contributed by atoms with van der Waals surface area (Å²) in [6.45, 7) is 0. The van der Waals surface area contributed by atoms with E-state index >= 15 is 0 Å². The third kappa shape index (κ3) is 1.11. The number of nitrogens with one attached hydrogen (secondary N) is 1. The number of pyridine rings is 1. The lowest BCUT2D eigenvalue weighted by atomic mass is 10.2. The van der Waals surface area contributed by atoms with E-state index in [1.165, 1.54) is 0 Å². The smallest absolute Gasteiger partial charge is 0.214 e. The van der Waals surface area contributed by atoms with Gasteiger partial charge < -0.3 is 9.72 Å². The van der Waals surface area contributed by atoms with Gasteiger partial charge in [0.15, 0.2) is 0 Å². The molecule has 0 radical (unpaired) electrons. The maximum atomic E-state index is 8.72. The molecular formula is C9H7N3O. The van der Waals surface area contributed by atoms with Crippen molar-refractivity contribution in [2.45, 2.75) is 0 Å². The molecule has 64 valence electrons. The van der Waals surface area contributed by atoms with Crippen LogP contribution in [0.25, 0.3) is 11.0 Å². The molecule has 4 nitrogen and oxygen atoms in total. The maximum absolute atomic E-state index is 8.72. The van der Waals surface area contributed by atoms with Gasteiger partial charge in [0.25, 0.3) is 0 Å². The van der Waals surface area contributed by atoms with Crippen LogP contribution in [0, 0.1) is 11.3 Å². The Bertz CT molecular complexity index is 481. The van der Waals surface area contributed by atoms with Gasteiger partial charge in [0.05, 0.1) is 12.7 Å². The molecule has 0 aliphatic carbocycles. The Hall–Kier alpha value is -2.02. The Morgan fingerprint density at radius 3 is 3.08 bits per heavy atom. The monoisotopic (exact) mass is 173 g/mol. The van der Waals surface area contributed by atoms with E-state index in [4.69, 9.17) is 10.00 Å². The first-order valence-corrected chi connectivity index (χ1v) is 3.77. The summed E-state index contributed by atoms with van der Waals surface area (Å²) in [6, 6.07) is 5.62. The Labute approximate surface area is 74.8 Å². The summed E-state index contributed by atoms with van der Waals surface area (Å²) in [5.41, 5.74) is 1.28. The highest BCUT2D eigenvalue weighted by atomic mass is 16.5. The summed E-state index contributed by atoms with van der Waals surface area (Å²) in [5, 5.41) is 9.54. The fourth-order valence-electron chi connectivity index (χ4n) is 1.19. The average Bonchev–Trinajstić information content (AvgIpc) is 2.59. The zero-order chi connectivity index (χ0) is 9.26. The van der Waals surface area contributed by atoms with Crippen molar-refractivity contribution < 1.29 is 4.74 Å². The van der Waals surface area contributed by atoms with E-state index in [0.717, 1.165) is 5.39 Å². The molecule has 0 unspecified atom stereocenters. The number of hydrogen-bond donors (Lipinski definition) is 1. The molecule has 0 aliphatic heterocycles. The largest absolute Gasteiger partial charge is 0.481 e. The molecule has 2 heterocycles. The predicted molar refractivity (Wildman–Crippen MR) is 47.4 cm³/mol. The molecule has 0 spiro atoms. The molecule has 0 atom stereocenters. The van der Waals surface area contributed by atoms with Crippen molar-refractivity contribution in [2.24, 2.45) is 0 Å². The minimum Gasteiger partial charge on any atom is -0.481 e. The molecule has 2 rings (SSSR count). The Balaban J connectivity index is 2.70. The number of methoxy groups -OCH3 is 1. The van der Waals surface area contributed by atoms with E-state index in [9.17, 15) is 0 Å². The number of ether oxygens (including phenoxy) is 1. The van der Waals surface area contributed by atoms with Crippen LogP contribution in [-0.2, 0) is 0 Å². The second kappa shape index (κ2) is 2.79. The highest BCUT2D eigenvalue weighted by Crippen LogP contribution is 2.18. The summed E-state index contributed by atoms with van der Waals surface area (Å²) in [4.78, 5) is 7.03. The van der Waals surface area contributed by atoms with Crippen LogP contribution < -0.4 is 4.74 Å². The number of nitrogens with zero attached hydrogens (tertiary/aromatic N) is 2. The zero-order valence-corrected chi connectivity index (χ0v) is 7.03. The highest BCUT2D eigenvalue weighted by Gasteiger charge is 2.04. The molecule has 0 saturated carbocycles. The van der Waals surface area contributed by atoms with Crippen LogP contribution in [0.15, 0.2) is 18.3 Å². The summed E-state index contributed by atoms with van der Waals surface area (Å²) < 4.78 is 4.95. The van der Waals surface area contributed by atoms with Gasteiger partial charge in [-0.2, -0.15) is 10.2 Å². The summed E-state index contributed by atoms with van der Waals surface area (Å²) in [6.07, 6.45) is 1.64. The van der Waals surface area contributed by atoms with Gasteiger partial charge in [0, 0.05) is 17.6 Å². The predicted octanol–water partition coefficient (Wildman–Crippen LogP) is 1.44. The van der Waals surface area contributed by atoms with Gasteiger partial charge in [0.1, 0.15) is 11.7 Å². The van der Waals surface area contributed by atoms with Crippen molar-refractivity contribution >= 4 is 11.0 Å². The van der Waals surface area contributed by atoms with Gasteiger partial charge in [-0.15, -0.1) is 0 Å². The fraction of sp³-hybridized carbons (Fsp3) is 0.111. The first-order chi connectivity index (χ1) is 6.35. The Kier molecular flexibility index (Phi) is 1.64. The van der Waals surface area contributed by atoms with E-state index < -0.39 is 0 Å². The van der Waals surface area contributed by atoms with Crippen LogP contribution in [-0.4, -0.2) is 17.1 Å². The van der Waals surface area contributed by atoms with Crippen LogP contribution in [0.3, 0.4) is 0 Å². The molecule has 0 fully saturated rings. The lowest BCUT2D eigenvalue weighted by Crippen LogP contribution is -1.86. The fourth-order valence-corrected chi connectivity index (χ4v) is 1.19. The molecular weight excluding hydrogens is 166 g/mol. The van der Waals surface area contributed by atoms with E-state index in [0.29, 0.717) is 17.1 Å². The summed E-state index contributed by atoms with van der Waals surface area (Å²) in [7, 11) is 1.56. The van der Waals surface area contributed by atoms with Crippen LogP contribution in [0.2, 0.25) is 0 Å². The van der Waals surface area contributed by atoms with Gasteiger partial charge in [-0.25, -0.2) is 0 Å². The number of H-pyrrole nitrogens is 1. The molecule has 2 aromatic heterocycles. The minimum absolute atomic E-state index is 0.541. The topological polar surface area (TPSA) is 61.7 Å². The van der Waals surface area contributed by atoms with Crippen molar-refractivity contribution in [1.29, 1.82) is 5.26 Å². The lowest BCUT2D eigenvalue weighted by Gasteiger charge is -1.96. The Morgan fingerprint density at radius 2 is 2.38 bits per heavy atom. The molecule has 0 bridgehead atoms. The number of aromatic amines is 1. The van der Waals surface area contributed by atoms with E-state index in [-0.39, 0.29) is 0 Å². The molecule has 2 aromatic rings. The van der Waals surface area contributed by atoms with Crippen molar-refractivity contribution in [3.63, 3.8) is 0 Å². The quantitative estimate of drug-likeness (QED) is 0.709. The average molecular weight is 173 g/mol. The van der Waals surface area contributed by atoms with Gasteiger partial charge >= 0.3 is 0 Å². The molecule has 0 aromatic carbocycles. The number of nitriles is 1. The van der Waals surface area contributed by atoms with Crippen LogP contribution in [0.4, 0.5) is 0 Å². The van der Waals surface area contributed by atoms with Crippen molar-refractivity contribution in [1.82, 2.24) is 9.97 Å². The molecule has 13 heavy (non-hydrogen) atoms. The summed E-state index contributed by atoms with van der Waals surface area (Å²) in [5.74, 6) is 0.541. The van der Waals surface area contributed by atoms with Crippen molar-refractivity contribution in [2.75, 3.05) is 7.11 Å². The third-order valence-corrected chi connectivity index (χ3v) is 1.84. The second-order valence-corrected chi connectivity index (χ2v) is 2.56. The van der Waals surface area contributed by atoms with Crippen molar-refractivity contribution in [3.8, 4) is 11.9 Å². The van der Waals surface area contributed by atoms with Crippen molar-refractivity contribution in [3.05, 3.63) is 23.9 Å². The van der Waals surface area contributed by atoms with Crippen LogP contribution >= 0.6 is 0 Å². The maximum Gasteiger partial charge on any atom is 0.214 e. The Morgan fingerprint density at radius 1 is 1.54 bits per heavy atom. The van der Waals surface area contributed by atoms with Gasteiger partial charge in [0.2, 0.25) is 5.88 Å². The standard InChI is InChI=1S/C9H7N3O/c1-13-8-3-2-7-6(4-10)5-11-9(7)12-8/h2-3,5H,1H3,(H,11,12). The number of fused-ring (bicyclic) bond motifs is 1. The van der Waals surface area contributed by atoms with Crippen LogP contribution in [0.1, 0.15) is 5.56 Å². The number of aromatic nitrogens is 2. The SMILES string of the molecule is COc1ccc2c(C#N)c[nH]c2n1. The minimum atomic E-state index is 0.541. The lowest BCUT2D eigenvalue weighted by molar-refractivity contribution is 0.399. The number of hydrogen-bond acceptors (Lipinski definition) is 3. The van der Waals surface area contributed by atoms with E-state index in [2.05, 4.69) is 16.0 Å². The first kappa shape index (κ1) is 7.62. The molecule has 4 heteroatoms. The first-order valence-electron chi connectivity index (χ1n) is 3.77. The van der Waals surface area contributed by atoms with Crippen LogP contribution in [0.5, 0.6) is 5.88 Å². The molecule has 0 aliphatic rings. The zero-order valence-electron chi connectivity index (χ0n) is 7.03. The second-order valence-electron chi connectivity index (χ2n) is 2.56. The molecule has 0 saturated heterocycles. The molecule has 0 amide bonds. The van der Waals surface area contributed by atoms with Gasteiger partial charge in [-0.1, -0.05) is 0 Å². The summed E-state index contributed by atoms with van der Waals surface area (Å²) >= 11 is 0. The highest BCUT2D eigenvalue weighted by molar-refractivity contribution is 5.82. The third-order valence-electron chi connectivity index (χ3n) is 1.84.